The second-order valence-electron chi connectivity index (χ2n) is 6.44. The molecule has 7 heteroatoms. The molecule has 3 N–H and O–H groups in total. The Morgan fingerprint density at radius 3 is 2.23 bits per heavy atom. The number of ether oxygens (including phenoxy) is 2. The zero-order chi connectivity index (χ0) is 19.7. The molecule has 142 valence electrons. The molecule has 26 heavy (non-hydrogen) atoms. The van der Waals surface area contributed by atoms with E-state index in [2.05, 4.69) is 31.0 Å². The zero-order valence-electron chi connectivity index (χ0n) is 15.9. The van der Waals surface area contributed by atoms with Gasteiger partial charge in [-0.1, -0.05) is 45.0 Å². The fraction of sp³-hybridized carbons (Fsp3) is 0.421. The summed E-state index contributed by atoms with van der Waals surface area (Å²) in [7, 11) is 0. The largest absolute Gasteiger partial charge is 0.480 e. The number of hydrogen-bond donors (Lipinski definition) is 2. The highest BCUT2D eigenvalue weighted by atomic mass is 16.6. The van der Waals surface area contributed by atoms with Crippen LogP contribution >= 0.6 is 0 Å². The molecule has 0 amide bonds. The number of hydrogen-bond acceptors (Lipinski definition) is 6. The van der Waals surface area contributed by atoms with E-state index in [9.17, 15) is 9.90 Å². The lowest BCUT2D eigenvalue weighted by atomic mass is 9.87. The van der Waals surface area contributed by atoms with E-state index in [0.717, 1.165) is 5.56 Å². The van der Waals surface area contributed by atoms with Crippen molar-refractivity contribution < 1.29 is 19.4 Å². The van der Waals surface area contributed by atoms with Gasteiger partial charge in [-0.3, -0.25) is 0 Å². The molecule has 0 unspecified atom stereocenters. The number of carbonyl (C=O) groups is 1. The van der Waals surface area contributed by atoms with Crippen LogP contribution in [-0.2, 0) is 19.7 Å². The van der Waals surface area contributed by atoms with E-state index < -0.39 is 11.9 Å². The van der Waals surface area contributed by atoms with Crippen molar-refractivity contribution in [1.29, 1.82) is 0 Å². The highest BCUT2D eigenvalue weighted by Gasteiger charge is 2.22. The maximum atomic E-state index is 11.9. The van der Waals surface area contributed by atoms with Gasteiger partial charge in [-0.2, -0.15) is 5.10 Å². The van der Waals surface area contributed by atoms with Crippen molar-refractivity contribution >= 4 is 18.0 Å². The smallest absolute Gasteiger partial charge is 0.349 e. The van der Waals surface area contributed by atoms with Gasteiger partial charge in [-0.25, -0.2) is 4.79 Å². The van der Waals surface area contributed by atoms with E-state index in [1.54, 1.807) is 13.8 Å². The molecule has 0 radical (unpaired) electrons. The molecule has 0 fully saturated rings. The van der Waals surface area contributed by atoms with Gasteiger partial charge < -0.3 is 20.3 Å². The maximum Gasteiger partial charge on any atom is 0.349 e. The summed E-state index contributed by atoms with van der Waals surface area (Å²) in [6, 6.07) is 7.85. The summed E-state index contributed by atoms with van der Waals surface area (Å²) in [6.07, 6.45) is 1.50. The second-order valence-corrected chi connectivity index (χ2v) is 6.44. The van der Waals surface area contributed by atoms with Crippen molar-refractivity contribution in [2.75, 3.05) is 13.2 Å². The molecule has 0 heterocycles. The molecule has 0 saturated carbocycles. The molecule has 0 atom stereocenters. The van der Waals surface area contributed by atoms with Crippen molar-refractivity contribution in [2.24, 2.45) is 15.9 Å². The Morgan fingerprint density at radius 2 is 1.73 bits per heavy atom. The second kappa shape index (κ2) is 9.60. The Bertz CT molecular complexity index is 698. The van der Waals surface area contributed by atoms with Crippen molar-refractivity contribution in [3.8, 4) is 0 Å². The molecule has 0 aromatic heterocycles. The van der Waals surface area contributed by atoms with Crippen LogP contribution in [0.15, 0.2) is 46.0 Å². The quantitative estimate of drug-likeness (QED) is 0.194. The number of benzene rings is 1. The molecular formula is C19H27N3O4. The average molecular weight is 361 g/mol. The van der Waals surface area contributed by atoms with Crippen LogP contribution in [0.2, 0.25) is 0 Å². The van der Waals surface area contributed by atoms with E-state index >= 15 is 0 Å². The summed E-state index contributed by atoms with van der Waals surface area (Å²) in [5, 5.41) is 17.5. The predicted molar refractivity (Wildman–Crippen MR) is 102 cm³/mol. The van der Waals surface area contributed by atoms with Crippen molar-refractivity contribution in [3.05, 3.63) is 46.9 Å². The predicted octanol–water partition coefficient (Wildman–Crippen LogP) is 3.04. The zero-order valence-corrected chi connectivity index (χ0v) is 15.9. The van der Waals surface area contributed by atoms with E-state index in [-0.39, 0.29) is 30.0 Å². The standard InChI is InChI=1S/C19H27N3O4/c1-6-25-17(23)15(18(24)26-7-2)16(20)22-21-12-13-8-10-14(11-9-13)19(3,4)5/h8-12,23H,6-7H2,1-5H3,(H2,20,22)/b17-15-,21-12-. The average Bonchev–Trinajstić information content (AvgIpc) is 2.55. The first kappa shape index (κ1) is 21.2. The fourth-order valence-corrected chi connectivity index (χ4v) is 1.99. The maximum absolute atomic E-state index is 11.9. The lowest BCUT2D eigenvalue weighted by Gasteiger charge is -2.18. The molecule has 1 aromatic carbocycles. The molecule has 0 bridgehead atoms. The van der Waals surface area contributed by atoms with Gasteiger partial charge in [0.2, 0.25) is 0 Å². The minimum Gasteiger partial charge on any atom is -0.480 e. The topological polar surface area (TPSA) is 106 Å². The third-order valence-corrected chi connectivity index (χ3v) is 3.38. The number of aliphatic hydroxyl groups is 1. The summed E-state index contributed by atoms with van der Waals surface area (Å²) in [5.41, 5.74) is 7.50. The van der Waals surface area contributed by atoms with Crippen LogP contribution in [0.1, 0.15) is 45.7 Å². The van der Waals surface area contributed by atoms with Gasteiger partial charge in [-0.05, 0) is 30.4 Å². The number of nitrogens with zero attached hydrogens (tertiary/aromatic N) is 2. The van der Waals surface area contributed by atoms with Crippen LogP contribution in [-0.4, -0.2) is 36.3 Å². The van der Waals surface area contributed by atoms with Crippen LogP contribution in [0.25, 0.3) is 0 Å². The van der Waals surface area contributed by atoms with Crippen LogP contribution in [0.4, 0.5) is 0 Å². The van der Waals surface area contributed by atoms with Gasteiger partial charge in [0.25, 0.3) is 5.95 Å². The van der Waals surface area contributed by atoms with Gasteiger partial charge in [0, 0.05) is 0 Å². The first-order valence-corrected chi connectivity index (χ1v) is 8.41. The number of nitrogens with two attached hydrogens (primary N) is 1. The van der Waals surface area contributed by atoms with Gasteiger partial charge in [-0.15, -0.1) is 5.10 Å². The van der Waals surface area contributed by atoms with E-state index in [1.807, 2.05) is 24.3 Å². The molecule has 0 spiro atoms. The van der Waals surface area contributed by atoms with Gasteiger partial charge >= 0.3 is 5.97 Å². The summed E-state index contributed by atoms with van der Waals surface area (Å²) in [6.45, 7) is 9.98. The Hall–Kier alpha value is -2.83. The summed E-state index contributed by atoms with van der Waals surface area (Å²) in [4.78, 5) is 11.9. The fourth-order valence-electron chi connectivity index (χ4n) is 1.99. The number of amidine groups is 1. The van der Waals surface area contributed by atoms with E-state index in [0.29, 0.717) is 0 Å². The van der Waals surface area contributed by atoms with Crippen LogP contribution in [0.5, 0.6) is 0 Å². The highest BCUT2D eigenvalue weighted by molar-refractivity contribution is 6.18. The Morgan fingerprint density at radius 1 is 1.15 bits per heavy atom. The third kappa shape index (κ3) is 6.23. The number of aliphatic hydroxyl groups excluding tert-OH is 1. The Balaban J connectivity index is 3.00. The monoisotopic (exact) mass is 361 g/mol. The van der Waals surface area contributed by atoms with Crippen LogP contribution in [0, 0.1) is 0 Å². The van der Waals surface area contributed by atoms with Crippen LogP contribution < -0.4 is 5.73 Å². The van der Waals surface area contributed by atoms with Crippen molar-refractivity contribution in [1.82, 2.24) is 0 Å². The molecule has 0 aliphatic rings. The molecule has 0 aliphatic heterocycles. The van der Waals surface area contributed by atoms with Gasteiger partial charge in [0.05, 0.1) is 19.4 Å². The lowest BCUT2D eigenvalue weighted by molar-refractivity contribution is -0.138. The molecule has 1 rings (SSSR count). The Labute approximate surface area is 154 Å². The number of rotatable bonds is 7. The summed E-state index contributed by atoms with van der Waals surface area (Å²) >= 11 is 0. The van der Waals surface area contributed by atoms with E-state index in [1.165, 1.54) is 11.8 Å². The number of esters is 1. The molecule has 1 aromatic rings. The Kier molecular flexibility index (Phi) is 7.83. The lowest BCUT2D eigenvalue weighted by Crippen LogP contribution is -2.25. The van der Waals surface area contributed by atoms with Gasteiger partial charge in [0.15, 0.2) is 11.4 Å². The minimum absolute atomic E-state index is 0.0639. The third-order valence-electron chi connectivity index (χ3n) is 3.38. The summed E-state index contributed by atoms with van der Waals surface area (Å²) in [5.74, 6) is -1.77. The SMILES string of the molecule is CCOC(=O)C(=C(/O)OCC)/C(N)=N\N=C/c1ccc(C(C)(C)C)cc1. The molecule has 0 saturated heterocycles. The first-order valence-electron chi connectivity index (χ1n) is 8.41. The molecular weight excluding hydrogens is 334 g/mol. The molecule has 7 nitrogen and oxygen atoms in total. The highest BCUT2D eigenvalue weighted by Crippen LogP contribution is 2.21. The first-order chi connectivity index (χ1) is 12.2. The van der Waals surface area contributed by atoms with Crippen LogP contribution in [0.3, 0.4) is 0 Å². The minimum atomic E-state index is -0.829. The van der Waals surface area contributed by atoms with E-state index in [4.69, 9.17) is 15.2 Å². The summed E-state index contributed by atoms with van der Waals surface area (Å²) < 4.78 is 9.78. The molecule has 0 aliphatic carbocycles. The van der Waals surface area contributed by atoms with Gasteiger partial charge in [0.1, 0.15) is 0 Å². The van der Waals surface area contributed by atoms with Crippen molar-refractivity contribution in [3.63, 3.8) is 0 Å². The van der Waals surface area contributed by atoms with Crippen molar-refractivity contribution in [2.45, 2.75) is 40.0 Å². The normalized spacial score (nSPS) is 13.5. The number of carbonyl (C=O) groups excluding carboxylic acids is 1.